The van der Waals surface area contributed by atoms with E-state index in [0.29, 0.717) is 64.9 Å². The number of anilines is 1. The average molecular weight is 673 g/mol. The fourth-order valence-corrected chi connectivity index (χ4v) is 7.80. The molecule has 1 atom stereocenters. The molecule has 3 heterocycles. The largest absolute Gasteiger partial charge is 0.507 e. The monoisotopic (exact) mass is 672 g/mol. The Morgan fingerprint density at radius 2 is 1.86 bits per heavy atom. The van der Waals surface area contributed by atoms with Gasteiger partial charge in [-0.15, -0.1) is 34.3 Å². The molecule has 9 nitrogen and oxygen atoms in total. The highest BCUT2D eigenvalue weighted by molar-refractivity contribution is 7.95. The Bertz CT molecular complexity index is 1660. The van der Waals surface area contributed by atoms with Crippen molar-refractivity contribution in [2.24, 2.45) is 0 Å². The van der Waals surface area contributed by atoms with E-state index in [9.17, 15) is 19.5 Å². The quantitative estimate of drug-likeness (QED) is 0.105. The molecule has 1 aliphatic heterocycles. The normalized spacial score (nSPS) is 14.3. The molecule has 0 bridgehead atoms. The molecule has 0 aliphatic carbocycles. The Morgan fingerprint density at radius 3 is 2.64 bits per heavy atom. The predicted octanol–water partition coefficient (Wildman–Crippen LogP) is 4.93. The van der Waals surface area contributed by atoms with Crippen LogP contribution < -0.4 is 15.5 Å². The highest BCUT2D eigenvalue weighted by Crippen LogP contribution is 2.45. The van der Waals surface area contributed by atoms with Gasteiger partial charge in [0.25, 0.3) is 5.91 Å². The van der Waals surface area contributed by atoms with Gasteiger partial charge >= 0.3 is 0 Å². The van der Waals surface area contributed by atoms with Crippen molar-refractivity contribution in [3.8, 4) is 16.5 Å². The lowest BCUT2D eigenvalue weighted by Crippen LogP contribution is -2.32. The summed E-state index contributed by atoms with van der Waals surface area (Å²) < 4.78 is 0. The fraction of sp³-hybridized carbons (Fsp3) is 0.387. The number of carbonyl (C=O) groups is 3. The number of amides is 3. The minimum absolute atomic E-state index is 0.0489. The van der Waals surface area contributed by atoms with Crippen LogP contribution in [0.5, 0.6) is 5.75 Å². The van der Waals surface area contributed by atoms with Gasteiger partial charge in [0, 0.05) is 79.3 Å². The number of hydrogen-bond acceptors (Lipinski definition) is 8. The van der Waals surface area contributed by atoms with E-state index < -0.39 is 0 Å². The summed E-state index contributed by atoms with van der Waals surface area (Å²) in [6.45, 7) is 1.45. The number of thiazole rings is 2. The molecule has 1 unspecified atom stereocenters. The van der Waals surface area contributed by atoms with Crippen LogP contribution in [0.2, 0.25) is 0 Å². The van der Waals surface area contributed by atoms with Crippen LogP contribution in [0.1, 0.15) is 46.2 Å². The first-order chi connectivity index (χ1) is 21.2. The van der Waals surface area contributed by atoms with Crippen LogP contribution in [0.4, 0.5) is 5.69 Å². The standard InChI is InChI=1S/C31H34ClN5O4S3/c1-44(2)13-5-11-34-30(41)22-17-43-31(36-22)23-18-42-27(35-23)10-12-33-26(39)8-9-28(40)37-16-19(15-32)29-21-7-4-3-6-20(21)25(38)14-24(29)37/h3-4,6-7,14,17-19H,5,8-13,15-16H2,1-2H3,(H2-,33,34,38,39,41)/p+1. The Balaban J connectivity index is 1.08. The van der Waals surface area contributed by atoms with Gasteiger partial charge in [-0.3, -0.25) is 14.4 Å². The van der Waals surface area contributed by atoms with Gasteiger partial charge in [0.15, 0.2) is 0 Å². The maximum atomic E-state index is 13.2. The van der Waals surface area contributed by atoms with Gasteiger partial charge < -0.3 is 20.6 Å². The van der Waals surface area contributed by atoms with Gasteiger partial charge in [-0.05, 0) is 21.8 Å². The summed E-state index contributed by atoms with van der Waals surface area (Å²) in [7, 11) is 0.364. The highest BCUT2D eigenvalue weighted by atomic mass is 35.5. The molecular weight excluding hydrogens is 638 g/mol. The lowest BCUT2D eigenvalue weighted by molar-refractivity contribution is -0.125. The zero-order valence-corrected chi connectivity index (χ0v) is 27.8. The molecule has 0 radical (unpaired) electrons. The topological polar surface area (TPSA) is 125 Å². The van der Waals surface area contributed by atoms with Gasteiger partial charge in [-0.1, -0.05) is 24.3 Å². The zero-order valence-electron chi connectivity index (χ0n) is 24.6. The van der Waals surface area contributed by atoms with Crippen molar-refractivity contribution in [3.63, 3.8) is 0 Å². The van der Waals surface area contributed by atoms with Crippen LogP contribution >= 0.6 is 34.3 Å². The van der Waals surface area contributed by atoms with Crippen molar-refractivity contribution >= 4 is 79.4 Å². The van der Waals surface area contributed by atoms with Crippen LogP contribution in [0.15, 0.2) is 41.1 Å². The molecule has 1 aliphatic rings. The van der Waals surface area contributed by atoms with E-state index in [-0.39, 0.29) is 42.2 Å². The molecule has 232 valence electrons. The average Bonchev–Trinajstić information content (AvgIpc) is 3.77. The fourth-order valence-electron chi connectivity index (χ4n) is 5.21. The molecule has 3 N–H and O–H groups in total. The number of aromatic nitrogens is 2. The second-order valence-electron chi connectivity index (χ2n) is 10.8. The third-order valence-electron chi connectivity index (χ3n) is 7.38. The van der Waals surface area contributed by atoms with E-state index in [1.807, 2.05) is 29.6 Å². The molecule has 2 aromatic heterocycles. The van der Waals surface area contributed by atoms with Gasteiger partial charge in [-0.25, -0.2) is 9.97 Å². The number of benzene rings is 2. The number of phenolic OH excluding ortho intramolecular Hbond substituents is 1. The van der Waals surface area contributed by atoms with Crippen molar-refractivity contribution in [1.29, 1.82) is 0 Å². The number of halogens is 1. The number of phenols is 1. The molecule has 3 amide bonds. The van der Waals surface area contributed by atoms with Crippen molar-refractivity contribution in [2.75, 3.05) is 48.7 Å². The van der Waals surface area contributed by atoms with Crippen LogP contribution in [-0.4, -0.2) is 76.6 Å². The predicted molar refractivity (Wildman–Crippen MR) is 182 cm³/mol. The SMILES string of the molecule is C[S+](C)CCCNC(=O)c1csc(-c2csc(CCNC(=O)CCC(=O)N3CC(CCl)c4c3cc(O)c3ccccc43)n2)n1. The summed E-state index contributed by atoms with van der Waals surface area (Å²) in [5, 5.41) is 23.2. The third kappa shape index (κ3) is 7.53. The van der Waals surface area contributed by atoms with Crippen molar-refractivity contribution in [2.45, 2.75) is 31.6 Å². The zero-order chi connectivity index (χ0) is 31.2. The van der Waals surface area contributed by atoms with E-state index in [1.54, 1.807) is 16.3 Å². The number of alkyl halides is 1. The lowest BCUT2D eigenvalue weighted by atomic mass is 9.95. The molecule has 44 heavy (non-hydrogen) atoms. The third-order valence-corrected chi connectivity index (χ3v) is 10.6. The van der Waals surface area contributed by atoms with E-state index >= 15 is 0 Å². The molecule has 13 heteroatoms. The Labute approximate surface area is 272 Å². The first kappa shape index (κ1) is 32.2. The van der Waals surface area contributed by atoms with Gasteiger partial charge in [-0.2, -0.15) is 0 Å². The van der Waals surface area contributed by atoms with E-state index in [4.69, 9.17) is 11.6 Å². The molecule has 0 saturated heterocycles. The summed E-state index contributed by atoms with van der Waals surface area (Å²) in [5.41, 5.74) is 2.73. The lowest BCUT2D eigenvalue weighted by Gasteiger charge is -2.18. The van der Waals surface area contributed by atoms with Gasteiger partial charge in [0.2, 0.25) is 11.8 Å². The van der Waals surface area contributed by atoms with Crippen LogP contribution in [0, 0.1) is 0 Å². The van der Waals surface area contributed by atoms with Crippen LogP contribution in [0.25, 0.3) is 21.5 Å². The van der Waals surface area contributed by atoms with E-state index in [1.165, 1.54) is 22.7 Å². The summed E-state index contributed by atoms with van der Waals surface area (Å²) in [4.78, 5) is 48.9. The molecule has 5 rings (SSSR count). The number of hydrogen-bond donors (Lipinski definition) is 3. The number of fused-ring (bicyclic) bond motifs is 3. The summed E-state index contributed by atoms with van der Waals surface area (Å²) in [6.07, 6.45) is 5.98. The summed E-state index contributed by atoms with van der Waals surface area (Å²) in [5.74, 6) is 0.943. The van der Waals surface area contributed by atoms with E-state index in [0.717, 1.165) is 33.5 Å². The maximum Gasteiger partial charge on any atom is 0.270 e. The molecule has 2 aromatic carbocycles. The van der Waals surface area contributed by atoms with Crippen molar-refractivity contribution in [1.82, 2.24) is 20.6 Å². The van der Waals surface area contributed by atoms with Gasteiger partial charge in [0.1, 0.15) is 27.9 Å². The maximum absolute atomic E-state index is 13.2. The van der Waals surface area contributed by atoms with Crippen LogP contribution in [0.3, 0.4) is 0 Å². The minimum Gasteiger partial charge on any atom is -0.507 e. The first-order valence-electron chi connectivity index (χ1n) is 14.4. The number of aromatic hydroxyl groups is 1. The number of carbonyl (C=O) groups excluding carboxylic acids is 3. The first-order valence-corrected chi connectivity index (χ1v) is 18.9. The molecule has 0 fully saturated rings. The smallest absolute Gasteiger partial charge is 0.270 e. The number of nitrogens with one attached hydrogen (secondary N) is 2. The number of rotatable bonds is 13. The Hall–Kier alpha value is -3.19. The second kappa shape index (κ2) is 14.7. The van der Waals surface area contributed by atoms with Crippen molar-refractivity contribution in [3.05, 3.63) is 57.4 Å². The van der Waals surface area contributed by atoms with Crippen LogP contribution in [-0.2, 0) is 26.9 Å². The molecule has 4 aromatic rings. The van der Waals surface area contributed by atoms with E-state index in [2.05, 4.69) is 33.1 Å². The molecular formula is C31H35ClN5O4S3+. The second-order valence-corrected chi connectivity index (χ2v) is 15.3. The summed E-state index contributed by atoms with van der Waals surface area (Å²) >= 11 is 9.13. The number of nitrogens with zero attached hydrogens (tertiary/aromatic N) is 3. The Kier molecular flexibility index (Phi) is 10.8. The molecule has 0 saturated carbocycles. The molecule has 0 spiro atoms. The highest BCUT2D eigenvalue weighted by Gasteiger charge is 2.34. The van der Waals surface area contributed by atoms with Crippen molar-refractivity contribution < 1.29 is 19.5 Å². The Morgan fingerprint density at radius 1 is 1.07 bits per heavy atom. The minimum atomic E-state index is -0.214. The van der Waals surface area contributed by atoms with Gasteiger partial charge in [0.05, 0.1) is 23.2 Å². The summed E-state index contributed by atoms with van der Waals surface area (Å²) in [6, 6.07) is 9.18.